The lowest BCUT2D eigenvalue weighted by Gasteiger charge is -2.35. The molecule has 0 saturated carbocycles. The fourth-order valence-electron chi connectivity index (χ4n) is 2.77. The molecule has 0 radical (unpaired) electrons. The number of piperazine rings is 1. The highest BCUT2D eigenvalue weighted by molar-refractivity contribution is 9.10. The third kappa shape index (κ3) is 3.13. The van der Waals surface area contributed by atoms with Crippen molar-refractivity contribution in [1.82, 2.24) is 14.8 Å². The molecule has 3 rings (SSSR count). The van der Waals surface area contributed by atoms with Crippen LogP contribution in [0.4, 0.5) is 0 Å². The first-order valence-electron chi connectivity index (χ1n) is 7.19. The summed E-state index contributed by atoms with van der Waals surface area (Å²) in [5, 5.41) is 0. The van der Waals surface area contributed by atoms with Crippen LogP contribution in [0.15, 0.2) is 16.7 Å². The molecule has 1 aromatic rings. The molecule has 1 atom stereocenters. The molecule has 7 heteroatoms. The number of aromatic nitrogens is 1. The zero-order chi connectivity index (χ0) is 14.8. The number of nitrogens with zero attached hydrogens (tertiary/aromatic N) is 2. The maximum atomic E-state index is 12.3. The van der Waals surface area contributed by atoms with Crippen molar-refractivity contribution >= 4 is 27.7 Å². The summed E-state index contributed by atoms with van der Waals surface area (Å²) in [6.45, 7) is 2.96. The summed E-state index contributed by atoms with van der Waals surface area (Å²) in [6, 6.07) is 1.77. The van der Waals surface area contributed by atoms with E-state index >= 15 is 0 Å². The van der Waals surface area contributed by atoms with Crippen molar-refractivity contribution < 1.29 is 14.3 Å². The lowest BCUT2D eigenvalue weighted by atomic mass is 10.2. The Morgan fingerprint density at radius 1 is 1.24 bits per heavy atom. The first kappa shape index (κ1) is 14.6. The van der Waals surface area contributed by atoms with Gasteiger partial charge in [-0.25, -0.2) is 0 Å². The average Bonchev–Trinajstić information content (AvgIpc) is 3.17. The summed E-state index contributed by atoms with van der Waals surface area (Å²) in [4.78, 5) is 31.1. The molecular weight excluding hydrogens is 338 g/mol. The monoisotopic (exact) mass is 355 g/mol. The number of aromatic amines is 1. The standard InChI is InChI=1S/C14H18BrN3O3/c15-10-8-11(16-9-10)13(19)17-3-5-18(6-4-17)14(20)12-2-1-7-21-12/h8-9,12,16H,1-7H2. The van der Waals surface area contributed by atoms with E-state index in [9.17, 15) is 9.59 Å². The lowest BCUT2D eigenvalue weighted by molar-refractivity contribution is -0.142. The second kappa shape index (κ2) is 6.19. The first-order chi connectivity index (χ1) is 10.1. The Hall–Kier alpha value is -1.34. The van der Waals surface area contributed by atoms with Gasteiger partial charge in [-0.05, 0) is 34.8 Å². The highest BCUT2D eigenvalue weighted by Gasteiger charge is 2.31. The minimum atomic E-state index is -0.272. The third-order valence-electron chi connectivity index (χ3n) is 3.96. The van der Waals surface area contributed by atoms with E-state index in [2.05, 4.69) is 20.9 Å². The molecule has 0 aliphatic carbocycles. The van der Waals surface area contributed by atoms with Crippen LogP contribution in [0.25, 0.3) is 0 Å². The summed E-state index contributed by atoms with van der Waals surface area (Å²) in [7, 11) is 0. The Kier molecular flexibility index (Phi) is 4.30. The van der Waals surface area contributed by atoms with Crippen molar-refractivity contribution in [3.63, 3.8) is 0 Å². The van der Waals surface area contributed by atoms with Gasteiger partial charge >= 0.3 is 0 Å². The number of carbonyl (C=O) groups excluding carboxylic acids is 2. The van der Waals surface area contributed by atoms with Crippen molar-refractivity contribution in [2.24, 2.45) is 0 Å². The van der Waals surface area contributed by atoms with Crippen molar-refractivity contribution in [1.29, 1.82) is 0 Å². The maximum absolute atomic E-state index is 12.3. The second-order valence-electron chi connectivity index (χ2n) is 5.35. The van der Waals surface area contributed by atoms with E-state index in [-0.39, 0.29) is 17.9 Å². The fraction of sp³-hybridized carbons (Fsp3) is 0.571. The fourth-order valence-corrected chi connectivity index (χ4v) is 3.11. The van der Waals surface area contributed by atoms with Gasteiger partial charge in [0.05, 0.1) is 0 Å². The Bertz CT molecular complexity index is 531. The number of nitrogens with one attached hydrogen (secondary N) is 1. The topological polar surface area (TPSA) is 65.6 Å². The molecule has 2 aliphatic rings. The van der Waals surface area contributed by atoms with Crippen LogP contribution in [0, 0.1) is 0 Å². The van der Waals surface area contributed by atoms with Crippen LogP contribution in [-0.2, 0) is 9.53 Å². The van der Waals surface area contributed by atoms with Gasteiger partial charge < -0.3 is 19.5 Å². The summed E-state index contributed by atoms with van der Waals surface area (Å²) in [5.41, 5.74) is 0.570. The van der Waals surface area contributed by atoms with Gasteiger partial charge in [0.1, 0.15) is 11.8 Å². The SMILES string of the molecule is O=C(c1cc(Br)c[nH]1)N1CCN(C(=O)C2CCCO2)CC1. The quantitative estimate of drug-likeness (QED) is 0.867. The molecule has 1 N–H and O–H groups in total. The van der Waals surface area contributed by atoms with Gasteiger partial charge in [-0.15, -0.1) is 0 Å². The van der Waals surface area contributed by atoms with Crippen LogP contribution >= 0.6 is 15.9 Å². The molecule has 2 fully saturated rings. The van der Waals surface area contributed by atoms with E-state index in [4.69, 9.17) is 4.74 Å². The molecule has 2 amide bonds. The van der Waals surface area contributed by atoms with Gasteiger partial charge in [-0.2, -0.15) is 0 Å². The molecule has 1 aromatic heterocycles. The number of ether oxygens (including phenoxy) is 1. The van der Waals surface area contributed by atoms with E-state index in [1.807, 2.05) is 4.90 Å². The third-order valence-corrected chi connectivity index (χ3v) is 4.42. The maximum Gasteiger partial charge on any atom is 0.270 e. The lowest BCUT2D eigenvalue weighted by Crippen LogP contribution is -2.52. The zero-order valence-corrected chi connectivity index (χ0v) is 13.3. The number of carbonyl (C=O) groups is 2. The van der Waals surface area contributed by atoms with E-state index < -0.39 is 0 Å². The summed E-state index contributed by atoms with van der Waals surface area (Å²) < 4.78 is 6.29. The first-order valence-corrected chi connectivity index (χ1v) is 7.98. The van der Waals surface area contributed by atoms with Crippen molar-refractivity contribution in [2.75, 3.05) is 32.8 Å². The van der Waals surface area contributed by atoms with Gasteiger partial charge in [0.15, 0.2) is 0 Å². The minimum absolute atomic E-state index is 0.0232. The van der Waals surface area contributed by atoms with Gasteiger partial charge in [-0.3, -0.25) is 9.59 Å². The minimum Gasteiger partial charge on any atom is -0.368 e. The van der Waals surface area contributed by atoms with Crippen LogP contribution in [0.5, 0.6) is 0 Å². The van der Waals surface area contributed by atoms with Crippen molar-refractivity contribution in [3.8, 4) is 0 Å². The van der Waals surface area contributed by atoms with Crippen LogP contribution in [0.2, 0.25) is 0 Å². The summed E-state index contributed by atoms with van der Waals surface area (Å²) in [6.07, 6.45) is 3.24. The molecular formula is C14H18BrN3O3. The highest BCUT2D eigenvalue weighted by atomic mass is 79.9. The Morgan fingerprint density at radius 3 is 2.52 bits per heavy atom. The highest BCUT2D eigenvalue weighted by Crippen LogP contribution is 2.17. The smallest absolute Gasteiger partial charge is 0.270 e. The number of amides is 2. The molecule has 2 aliphatic heterocycles. The molecule has 21 heavy (non-hydrogen) atoms. The van der Waals surface area contributed by atoms with Gasteiger partial charge in [-0.1, -0.05) is 0 Å². The molecule has 3 heterocycles. The van der Waals surface area contributed by atoms with E-state index in [0.29, 0.717) is 38.5 Å². The average molecular weight is 356 g/mol. The van der Waals surface area contributed by atoms with E-state index in [0.717, 1.165) is 17.3 Å². The van der Waals surface area contributed by atoms with E-state index in [1.165, 1.54) is 0 Å². The number of rotatable bonds is 2. The Balaban J connectivity index is 1.55. The van der Waals surface area contributed by atoms with Crippen LogP contribution in [0.1, 0.15) is 23.3 Å². The summed E-state index contributed by atoms with van der Waals surface area (Å²) in [5.74, 6) is 0.0483. The summed E-state index contributed by atoms with van der Waals surface area (Å²) >= 11 is 3.32. The predicted molar refractivity (Wildman–Crippen MR) is 80.0 cm³/mol. The van der Waals surface area contributed by atoms with Crippen LogP contribution < -0.4 is 0 Å². The van der Waals surface area contributed by atoms with Gasteiger partial charge in [0.2, 0.25) is 0 Å². The largest absolute Gasteiger partial charge is 0.368 e. The van der Waals surface area contributed by atoms with Crippen molar-refractivity contribution in [3.05, 3.63) is 22.4 Å². The normalized spacial score (nSPS) is 22.6. The van der Waals surface area contributed by atoms with Gasteiger partial charge in [0.25, 0.3) is 11.8 Å². The van der Waals surface area contributed by atoms with Crippen molar-refractivity contribution in [2.45, 2.75) is 18.9 Å². The molecule has 1 unspecified atom stereocenters. The van der Waals surface area contributed by atoms with E-state index in [1.54, 1.807) is 17.2 Å². The Morgan fingerprint density at radius 2 is 1.95 bits per heavy atom. The molecule has 0 bridgehead atoms. The van der Waals surface area contributed by atoms with Crippen LogP contribution in [0.3, 0.4) is 0 Å². The molecule has 114 valence electrons. The number of halogens is 1. The number of hydrogen-bond acceptors (Lipinski definition) is 3. The number of hydrogen-bond donors (Lipinski definition) is 1. The number of H-pyrrole nitrogens is 1. The second-order valence-corrected chi connectivity index (χ2v) is 6.27. The Labute approximate surface area is 131 Å². The van der Waals surface area contributed by atoms with Gasteiger partial charge in [0, 0.05) is 43.5 Å². The molecule has 0 spiro atoms. The molecule has 6 nitrogen and oxygen atoms in total. The predicted octanol–water partition coefficient (Wildman–Crippen LogP) is 1.24. The molecule has 0 aromatic carbocycles. The van der Waals surface area contributed by atoms with Crippen LogP contribution in [-0.4, -0.2) is 65.5 Å². The zero-order valence-electron chi connectivity index (χ0n) is 11.7. The molecule has 2 saturated heterocycles.